The molecule has 1 unspecified atom stereocenters. The third kappa shape index (κ3) is 7.78. The van der Waals surface area contributed by atoms with Crippen molar-refractivity contribution in [2.75, 3.05) is 19.7 Å². The van der Waals surface area contributed by atoms with Crippen LogP contribution in [0.3, 0.4) is 0 Å². The molecule has 11 heavy (non-hydrogen) atoms. The van der Waals surface area contributed by atoms with Gasteiger partial charge in [-0.15, -0.1) is 0 Å². The SMILES string of the molecule is CC(C)CNCCC(O)CO. The van der Waals surface area contributed by atoms with E-state index in [9.17, 15) is 0 Å². The van der Waals surface area contributed by atoms with Gasteiger partial charge in [0.15, 0.2) is 0 Å². The van der Waals surface area contributed by atoms with Gasteiger partial charge in [-0.1, -0.05) is 13.8 Å². The van der Waals surface area contributed by atoms with E-state index < -0.39 is 6.10 Å². The van der Waals surface area contributed by atoms with Crippen LogP contribution in [-0.2, 0) is 0 Å². The maximum absolute atomic E-state index is 8.93. The predicted octanol–water partition coefficient (Wildman–Crippen LogP) is -0.0247. The molecular weight excluding hydrogens is 142 g/mol. The Bertz CT molecular complexity index is 86.2. The lowest BCUT2D eigenvalue weighted by Gasteiger charge is -2.09. The van der Waals surface area contributed by atoms with Gasteiger partial charge in [0.2, 0.25) is 0 Å². The maximum Gasteiger partial charge on any atom is 0.0783 e. The molecule has 3 heteroatoms. The molecule has 0 spiro atoms. The quantitative estimate of drug-likeness (QED) is 0.480. The molecule has 1 atom stereocenters. The fraction of sp³-hybridized carbons (Fsp3) is 1.00. The van der Waals surface area contributed by atoms with Crippen molar-refractivity contribution < 1.29 is 10.2 Å². The van der Waals surface area contributed by atoms with Crippen LogP contribution < -0.4 is 5.32 Å². The van der Waals surface area contributed by atoms with Crippen LogP contribution in [0.2, 0.25) is 0 Å². The van der Waals surface area contributed by atoms with Crippen LogP contribution in [0.5, 0.6) is 0 Å². The molecule has 0 aromatic carbocycles. The van der Waals surface area contributed by atoms with E-state index in [4.69, 9.17) is 10.2 Å². The van der Waals surface area contributed by atoms with E-state index in [1.165, 1.54) is 0 Å². The smallest absolute Gasteiger partial charge is 0.0783 e. The van der Waals surface area contributed by atoms with Gasteiger partial charge < -0.3 is 15.5 Å². The van der Waals surface area contributed by atoms with Crippen LogP contribution in [0.4, 0.5) is 0 Å². The highest BCUT2D eigenvalue weighted by Crippen LogP contribution is 1.90. The van der Waals surface area contributed by atoms with E-state index in [1.807, 2.05) is 0 Å². The topological polar surface area (TPSA) is 52.5 Å². The van der Waals surface area contributed by atoms with Crippen molar-refractivity contribution in [1.82, 2.24) is 5.32 Å². The molecule has 0 aliphatic carbocycles. The molecule has 0 saturated heterocycles. The Balaban J connectivity index is 3.01. The second kappa shape index (κ2) is 6.58. The molecule has 0 aromatic rings. The highest BCUT2D eigenvalue weighted by Gasteiger charge is 2.00. The van der Waals surface area contributed by atoms with Crippen molar-refractivity contribution >= 4 is 0 Å². The van der Waals surface area contributed by atoms with Crippen molar-refractivity contribution in [3.63, 3.8) is 0 Å². The average molecular weight is 161 g/mol. The minimum Gasteiger partial charge on any atom is -0.394 e. The Morgan fingerprint density at radius 1 is 1.36 bits per heavy atom. The molecular formula is C8H19NO2. The Labute approximate surface area is 68.4 Å². The first-order valence-electron chi connectivity index (χ1n) is 4.16. The van der Waals surface area contributed by atoms with Gasteiger partial charge in [-0.25, -0.2) is 0 Å². The summed E-state index contributed by atoms with van der Waals surface area (Å²) in [4.78, 5) is 0. The van der Waals surface area contributed by atoms with Crippen molar-refractivity contribution in [2.24, 2.45) is 5.92 Å². The standard InChI is InChI=1S/C8H19NO2/c1-7(2)5-9-4-3-8(11)6-10/h7-11H,3-6H2,1-2H3. The lowest BCUT2D eigenvalue weighted by Crippen LogP contribution is -2.25. The zero-order chi connectivity index (χ0) is 8.69. The van der Waals surface area contributed by atoms with Gasteiger partial charge in [0.25, 0.3) is 0 Å². The minimum absolute atomic E-state index is 0.136. The molecule has 3 N–H and O–H groups in total. The normalized spacial score (nSPS) is 13.9. The van der Waals surface area contributed by atoms with Crippen LogP contribution >= 0.6 is 0 Å². The third-order valence-corrected chi connectivity index (χ3v) is 1.42. The summed E-state index contributed by atoms with van der Waals surface area (Å²) in [7, 11) is 0. The van der Waals surface area contributed by atoms with E-state index in [-0.39, 0.29) is 6.61 Å². The maximum atomic E-state index is 8.93. The Kier molecular flexibility index (Phi) is 6.51. The van der Waals surface area contributed by atoms with Crippen molar-refractivity contribution in [1.29, 1.82) is 0 Å². The highest BCUT2D eigenvalue weighted by atomic mass is 16.3. The summed E-state index contributed by atoms with van der Waals surface area (Å²) in [6.07, 6.45) is 0.0677. The molecule has 0 amide bonds. The van der Waals surface area contributed by atoms with E-state index in [0.717, 1.165) is 13.1 Å². The van der Waals surface area contributed by atoms with Crippen LogP contribution in [-0.4, -0.2) is 36.0 Å². The van der Waals surface area contributed by atoms with E-state index in [0.29, 0.717) is 12.3 Å². The fourth-order valence-corrected chi connectivity index (χ4v) is 0.751. The van der Waals surface area contributed by atoms with E-state index in [1.54, 1.807) is 0 Å². The lowest BCUT2D eigenvalue weighted by molar-refractivity contribution is 0.0882. The van der Waals surface area contributed by atoms with Gasteiger partial charge in [0.1, 0.15) is 0 Å². The average Bonchev–Trinajstić information content (AvgIpc) is 1.97. The zero-order valence-corrected chi connectivity index (χ0v) is 7.38. The monoisotopic (exact) mass is 161 g/mol. The summed E-state index contributed by atoms with van der Waals surface area (Å²) in [5.74, 6) is 0.640. The molecule has 0 aliphatic heterocycles. The summed E-state index contributed by atoms with van der Waals surface area (Å²) in [6.45, 7) is 5.88. The number of nitrogens with one attached hydrogen (secondary N) is 1. The third-order valence-electron chi connectivity index (χ3n) is 1.42. The Morgan fingerprint density at radius 2 is 2.00 bits per heavy atom. The van der Waals surface area contributed by atoms with Gasteiger partial charge >= 0.3 is 0 Å². The molecule has 0 aliphatic rings. The number of hydrogen-bond donors (Lipinski definition) is 3. The lowest BCUT2D eigenvalue weighted by atomic mass is 10.2. The highest BCUT2D eigenvalue weighted by molar-refractivity contribution is 4.56. The Hall–Kier alpha value is -0.120. The van der Waals surface area contributed by atoms with Gasteiger partial charge in [0.05, 0.1) is 12.7 Å². The molecule has 0 aromatic heterocycles. The van der Waals surface area contributed by atoms with Crippen molar-refractivity contribution in [3.8, 4) is 0 Å². The van der Waals surface area contributed by atoms with Crippen LogP contribution in [0, 0.1) is 5.92 Å². The summed E-state index contributed by atoms with van der Waals surface area (Å²) < 4.78 is 0. The molecule has 0 fully saturated rings. The van der Waals surface area contributed by atoms with Gasteiger partial charge in [0, 0.05) is 0 Å². The number of hydrogen-bond acceptors (Lipinski definition) is 3. The fourth-order valence-electron chi connectivity index (χ4n) is 0.751. The van der Waals surface area contributed by atoms with Crippen LogP contribution in [0.1, 0.15) is 20.3 Å². The van der Waals surface area contributed by atoms with Crippen LogP contribution in [0.25, 0.3) is 0 Å². The molecule has 0 bridgehead atoms. The number of aliphatic hydroxyl groups excluding tert-OH is 2. The molecule has 0 heterocycles. The van der Waals surface area contributed by atoms with Gasteiger partial charge in [-0.2, -0.15) is 0 Å². The summed E-state index contributed by atoms with van der Waals surface area (Å²) in [5.41, 5.74) is 0. The molecule has 0 saturated carbocycles. The van der Waals surface area contributed by atoms with Crippen molar-refractivity contribution in [2.45, 2.75) is 26.4 Å². The molecule has 3 nitrogen and oxygen atoms in total. The van der Waals surface area contributed by atoms with Crippen molar-refractivity contribution in [3.05, 3.63) is 0 Å². The second-order valence-electron chi connectivity index (χ2n) is 3.22. The molecule has 0 rings (SSSR count). The minimum atomic E-state index is -0.560. The second-order valence-corrected chi connectivity index (χ2v) is 3.22. The summed E-state index contributed by atoms with van der Waals surface area (Å²) in [5, 5.41) is 20.6. The predicted molar refractivity (Wildman–Crippen MR) is 45.4 cm³/mol. The first-order valence-corrected chi connectivity index (χ1v) is 4.16. The molecule has 68 valence electrons. The summed E-state index contributed by atoms with van der Waals surface area (Å²) in [6, 6.07) is 0. The number of rotatable bonds is 6. The number of aliphatic hydroxyl groups is 2. The largest absolute Gasteiger partial charge is 0.394 e. The van der Waals surface area contributed by atoms with Gasteiger partial charge in [-0.3, -0.25) is 0 Å². The first-order chi connectivity index (χ1) is 5.16. The summed E-state index contributed by atoms with van der Waals surface area (Å²) >= 11 is 0. The van der Waals surface area contributed by atoms with E-state index >= 15 is 0 Å². The zero-order valence-electron chi connectivity index (χ0n) is 7.38. The first kappa shape index (κ1) is 10.9. The van der Waals surface area contributed by atoms with E-state index in [2.05, 4.69) is 19.2 Å². The van der Waals surface area contributed by atoms with Gasteiger partial charge in [-0.05, 0) is 25.4 Å². The van der Waals surface area contributed by atoms with Crippen LogP contribution in [0.15, 0.2) is 0 Å². The Morgan fingerprint density at radius 3 is 2.45 bits per heavy atom. The molecule has 0 radical (unpaired) electrons.